The molecule has 134 valence electrons. The van der Waals surface area contributed by atoms with Crippen LogP contribution in [0.5, 0.6) is 11.5 Å². The molecule has 1 spiro atoms. The minimum Gasteiger partial charge on any atom is -0.497 e. The van der Waals surface area contributed by atoms with Gasteiger partial charge in [0.15, 0.2) is 0 Å². The molecular weight excluding hydrogens is 326 g/mol. The van der Waals surface area contributed by atoms with E-state index in [1.807, 2.05) is 6.07 Å². The molecule has 25 heavy (non-hydrogen) atoms. The van der Waals surface area contributed by atoms with Crippen molar-refractivity contribution in [3.8, 4) is 11.5 Å². The van der Waals surface area contributed by atoms with E-state index in [0.717, 1.165) is 5.56 Å². The SMILES string of the molecule is COc1ccc(CC(=O)N2CCC3(CC2)NC(=O)NC3=O)c(OC)c1. The number of nitrogens with zero attached hydrogens (tertiary/aromatic N) is 1. The first-order valence-electron chi connectivity index (χ1n) is 8.10. The first-order valence-corrected chi connectivity index (χ1v) is 8.10. The van der Waals surface area contributed by atoms with E-state index in [0.29, 0.717) is 37.4 Å². The van der Waals surface area contributed by atoms with Crippen LogP contribution in [0.25, 0.3) is 0 Å². The van der Waals surface area contributed by atoms with Crippen molar-refractivity contribution in [3.05, 3.63) is 23.8 Å². The average molecular weight is 347 g/mol. The van der Waals surface area contributed by atoms with Crippen LogP contribution in [0.1, 0.15) is 18.4 Å². The quantitative estimate of drug-likeness (QED) is 0.771. The second-order valence-electron chi connectivity index (χ2n) is 6.23. The average Bonchev–Trinajstić information content (AvgIpc) is 2.88. The van der Waals surface area contributed by atoms with Crippen LogP contribution in [0, 0.1) is 0 Å². The van der Waals surface area contributed by atoms with Crippen molar-refractivity contribution in [2.75, 3.05) is 27.3 Å². The maximum Gasteiger partial charge on any atom is 0.322 e. The molecule has 2 saturated heterocycles. The lowest BCUT2D eigenvalue weighted by atomic mass is 9.87. The molecule has 0 unspecified atom stereocenters. The molecule has 8 heteroatoms. The number of carbonyl (C=O) groups is 3. The van der Waals surface area contributed by atoms with Crippen molar-refractivity contribution in [1.29, 1.82) is 0 Å². The van der Waals surface area contributed by atoms with E-state index in [1.165, 1.54) is 0 Å². The highest BCUT2D eigenvalue weighted by molar-refractivity contribution is 6.07. The Morgan fingerprint density at radius 1 is 1.20 bits per heavy atom. The summed E-state index contributed by atoms with van der Waals surface area (Å²) in [6, 6.07) is 4.87. The Balaban J connectivity index is 1.64. The van der Waals surface area contributed by atoms with E-state index in [-0.39, 0.29) is 18.2 Å². The largest absolute Gasteiger partial charge is 0.497 e. The zero-order valence-electron chi connectivity index (χ0n) is 14.3. The summed E-state index contributed by atoms with van der Waals surface area (Å²) >= 11 is 0. The fourth-order valence-corrected chi connectivity index (χ4v) is 3.29. The van der Waals surface area contributed by atoms with Crippen LogP contribution in [0.3, 0.4) is 0 Å². The summed E-state index contributed by atoms with van der Waals surface area (Å²) in [5, 5.41) is 4.95. The Kier molecular flexibility index (Phi) is 4.52. The Morgan fingerprint density at radius 3 is 2.48 bits per heavy atom. The van der Waals surface area contributed by atoms with Crippen LogP contribution in [-0.2, 0) is 16.0 Å². The molecule has 2 N–H and O–H groups in total. The molecule has 0 atom stereocenters. The van der Waals surface area contributed by atoms with E-state index in [9.17, 15) is 14.4 Å². The van der Waals surface area contributed by atoms with Gasteiger partial charge in [-0.3, -0.25) is 14.9 Å². The van der Waals surface area contributed by atoms with E-state index in [4.69, 9.17) is 9.47 Å². The maximum absolute atomic E-state index is 12.6. The maximum atomic E-state index is 12.6. The highest BCUT2D eigenvalue weighted by Crippen LogP contribution is 2.28. The minimum absolute atomic E-state index is 0.0388. The first-order chi connectivity index (χ1) is 12.0. The fraction of sp³-hybridized carbons (Fsp3) is 0.471. The standard InChI is InChI=1S/C17H21N3O5/c1-24-12-4-3-11(13(10-12)25-2)9-14(21)20-7-5-17(6-8-20)15(22)18-16(23)19-17/h3-4,10H,5-9H2,1-2H3,(H2,18,19,22,23). The molecule has 8 nitrogen and oxygen atoms in total. The number of amides is 4. The summed E-state index contributed by atoms with van der Waals surface area (Å²) < 4.78 is 10.5. The number of methoxy groups -OCH3 is 2. The van der Waals surface area contributed by atoms with Crippen molar-refractivity contribution in [3.63, 3.8) is 0 Å². The second kappa shape index (κ2) is 6.62. The van der Waals surface area contributed by atoms with Gasteiger partial charge in [0, 0.05) is 24.7 Å². The highest BCUT2D eigenvalue weighted by Gasteiger charge is 2.48. The third-order valence-electron chi connectivity index (χ3n) is 4.82. The second-order valence-corrected chi connectivity index (χ2v) is 6.23. The molecular formula is C17H21N3O5. The summed E-state index contributed by atoms with van der Waals surface area (Å²) in [6.07, 6.45) is 1.03. The number of piperidine rings is 1. The van der Waals surface area contributed by atoms with Crippen molar-refractivity contribution >= 4 is 17.8 Å². The molecule has 0 aromatic heterocycles. The molecule has 1 aromatic rings. The summed E-state index contributed by atoms with van der Waals surface area (Å²) in [4.78, 5) is 37.6. The lowest BCUT2D eigenvalue weighted by molar-refractivity contribution is -0.135. The van der Waals surface area contributed by atoms with Crippen LogP contribution in [0.2, 0.25) is 0 Å². The van der Waals surface area contributed by atoms with Crippen molar-refractivity contribution in [1.82, 2.24) is 15.5 Å². The Bertz CT molecular complexity index is 710. The van der Waals surface area contributed by atoms with Gasteiger partial charge in [-0.05, 0) is 18.9 Å². The predicted molar refractivity (Wildman–Crippen MR) is 88.5 cm³/mol. The van der Waals surface area contributed by atoms with Gasteiger partial charge in [-0.1, -0.05) is 6.07 Å². The molecule has 2 aliphatic rings. The van der Waals surface area contributed by atoms with E-state index in [2.05, 4.69) is 10.6 Å². The van der Waals surface area contributed by atoms with Crippen molar-refractivity contribution in [2.45, 2.75) is 24.8 Å². The van der Waals surface area contributed by atoms with Crippen LogP contribution >= 0.6 is 0 Å². The van der Waals surface area contributed by atoms with Gasteiger partial charge in [-0.15, -0.1) is 0 Å². The molecule has 2 heterocycles. The molecule has 1 aromatic carbocycles. The van der Waals surface area contributed by atoms with Crippen LogP contribution in [0.15, 0.2) is 18.2 Å². The normalized spacial score (nSPS) is 18.7. The molecule has 0 aliphatic carbocycles. The summed E-state index contributed by atoms with van der Waals surface area (Å²) in [5.41, 5.74) is -0.0911. The summed E-state index contributed by atoms with van der Waals surface area (Å²) in [6.45, 7) is 0.843. The molecule has 4 amide bonds. The van der Waals surface area contributed by atoms with Gasteiger partial charge in [-0.2, -0.15) is 0 Å². The van der Waals surface area contributed by atoms with Gasteiger partial charge in [-0.25, -0.2) is 4.79 Å². The van der Waals surface area contributed by atoms with E-state index < -0.39 is 11.6 Å². The first kappa shape index (κ1) is 17.1. The van der Waals surface area contributed by atoms with Crippen LogP contribution in [0.4, 0.5) is 4.79 Å². The van der Waals surface area contributed by atoms with Gasteiger partial charge in [0.25, 0.3) is 5.91 Å². The number of benzene rings is 1. The van der Waals surface area contributed by atoms with Gasteiger partial charge in [0.05, 0.1) is 20.6 Å². The number of nitrogens with one attached hydrogen (secondary N) is 2. The summed E-state index contributed by atoms with van der Waals surface area (Å²) in [5.74, 6) is 0.920. The number of imide groups is 1. The monoisotopic (exact) mass is 347 g/mol. The number of hydrogen-bond donors (Lipinski definition) is 2. The van der Waals surface area contributed by atoms with E-state index >= 15 is 0 Å². The predicted octanol–water partition coefficient (Wildman–Crippen LogP) is 0.447. The van der Waals surface area contributed by atoms with Gasteiger partial charge in [0.2, 0.25) is 5.91 Å². The Labute approximate surface area is 145 Å². The Hall–Kier alpha value is -2.77. The highest BCUT2D eigenvalue weighted by atomic mass is 16.5. The Morgan fingerprint density at radius 2 is 1.92 bits per heavy atom. The molecule has 0 radical (unpaired) electrons. The smallest absolute Gasteiger partial charge is 0.322 e. The lowest BCUT2D eigenvalue weighted by Gasteiger charge is -2.37. The number of ether oxygens (including phenoxy) is 2. The summed E-state index contributed by atoms with van der Waals surface area (Å²) in [7, 11) is 3.12. The number of carbonyl (C=O) groups excluding carboxylic acids is 3. The topological polar surface area (TPSA) is 97.0 Å². The van der Waals surface area contributed by atoms with Gasteiger partial charge in [0.1, 0.15) is 17.0 Å². The number of hydrogen-bond acceptors (Lipinski definition) is 5. The molecule has 0 saturated carbocycles. The van der Waals surface area contributed by atoms with Crippen molar-refractivity contribution in [2.24, 2.45) is 0 Å². The molecule has 3 rings (SSSR count). The van der Waals surface area contributed by atoms with Crippen molar-refractivity contribution < 1.29 is 23.9 Å². The number of rotatable bonds is 4. The fourth-order valence-electron chi connectivity index (χ4n) is 3.29. The third-order valence-corrected chi connectivity index (χ3v) is 4.82. The van der Waals surface area contributed by atoms with Crippen LogP contribution in [-0.4, -0.2) is 55.6 Å². The zero-order chi connectivity index (χ0) is 18.0. The molecule has 0 bridgehead atoms. The van der Waals surface area contributed by atoms with E-state index in [1.54, 1.807) is 31.3 Å². The molecule has 2 fully saturated rings. The van der Waals surface area contributed by atoms with Gasteiger partial charge < -0.3 is 19.7 Å². The lowest BCUT2D eigenvalue weighted by Crippen LogP contribution is -2.55. The zero-order valence-corrected chi connectivity index (χ0v) is 14.3. The van der Waals surface area contributed by atoms with Crippen LogP contribution < -0.4 is 20.1 Å². The minimum atomic E-state index is -0.869. The molecule has 2 aliphatic heterocycles. The number of urea groups is 1. The van der Waals surface area contributed by atoms with Gasteiger partial charge >= 0.3 is 6.03 Å². The third kappa shape index (κ3) is 3.24. The number of likely N-dealkylation sites (tertiary alicyclic amines) is 1.